The lowest BCUT2D eigenvalue weighted by Crippen LogP contribution is -2.49. The van der Waals surface area contributed by atoms with Gasteiger partial charge < -0.3 is 14.5 Å². The highest BCUT2D eigenvalue weighted by Crippen LogP contribution is 2.37. The van der Waals surface area contributed by atoms with Gasteiger partial charge >= 0.3 is 0 Å². The number of amides is 1. The SMILES string of the molecule is CCCn1c(N2CCN(c3ccccc3F)CC2)c(/C=C2\SC(=S)N(CC3CCCO3)C2=O)c(C)c(C#N)c1=O. The molecule has 11 heteroatoms. The van der Waals surface area contributed by atoms with E-state index in [1.165, 1.54) is 17.8 Å². The fourth-order valence-corrected chi connectivity index (χ4v) is 6.82. The number of carbonyl (C=O) groups is 1. The van der Waals surface area contributed by atoms with Crippen LogP contribution in [0.1, 0.15) is 42.9 Å². The van der Waals surface area contributed by atoms with E-state index in [1.807, 2.05) is 17.9 Å². The first-order valence-corrected chi connectivity index (χ1v) is 14.8. The lowest BCUT2D eigenvalue weighted by molar-refractivity contribution is -0.123. The largest absolute Gasteiger partial charge is 0.376 e. The maximum absolute atomic E-state index is 14.5. The van der Waals surface area contributed by atoms with Crippen molar-refractivity contribution in [1.82, 2.24) is 9.47 Å². The van der Waals surface area contributed by atoms with Crippen molar-refractivity contribution in [2.24, 2.45) is 0 Å². The number of thioether (sulfide) groups is 1. The number of pyridine rings is 1. The number of piperazine rings is 1. The Morgan fingerprint density at radius 2 is 1.93 bits per heavy atom. The molecule has 0 aliphatic carbocycles. The normalized spacial score (nSPS) is 20.6. The van der Waals surface area contributed by atoms with Gasteiger partial charge in [-0.3, -0.25) is 19.1 Å². The minimum absolute atomic E-state index is 0.0263. The van der Waals surface area contributed by atoms with E-state index in [-0.39, 0.29) is 29.0 Å². The van der Waals surface area contributed by atoms with Gasteiger partial charge in [0, 0.05) is 44.9 Å². The zero-order valence-electron chi connectivity index (χ0n) is 22.7. The maximum atomic E-state index is 14.5. The topological polar surface area (TPSA) is 81.8 Å². The second kappa shape index (κ2) is 12.1. The van der Waals surface area contributed by atoms with E-state index in [0.29, 0.717) is 84.2 Å². The van der Waals surface area contributed by atoms with Crippen LogP contribution in [0.2, 0.25) is 0 Å². The molecule has 2 aromatic rings. The summed E-state index contributed by atoms with van der Waals surface area (Å²) in [5.41, 5.74) is 1.50. The zero-order valence-corrected chi connectivity index (χ0v) is 24.3. The lowest BCUT2D eigenvalue weighted by atomic mass is 10.0. The Morgan fingerprint density at radius 1 is 1.20 bits per heavy atom. The summed E-state index contributed by atoms with van der Waals surface area (Å²) in [6, 6.07) is 8.82. The number of thiocarbonyl (C=S) groups is 1. The number of halogens is 1. The van der Waals surface area contributed by atoms with Crippen molar-refractivity contribution in [3.05, 3.63) is 62.0 Å². The van der Waals surface area contributed by atoms with Gasteiger partial charge in [-0.2, -0.15) is 5.26 Å². The van der Waals surface area contributed by atoms with Crippen LogP contribution in [0.25, 0.3) is 6.08 Å². The van der Waals surface area contributed by atoms with E-state index < -0.39 is 0 Å². The summed E-state index contributed by atoms with van der Waals surface area (Å²) in [5.74, 6) is 0.228. The third kappa shape index (κ3) is 5.40. The van der Waals surface area contributed by atoms with E-state index in [9.17, 15) is 19.2 Å². The summed E-state index contributed by atoms with van der Waals surface area (Å²) < 4.78 is 22.3. The predicted octanol–water partition coefficient (Wildman–Crippen LogP) is 4.28. The van der Waals surface area contributed by atoms with Gasteiger partial charge in [0.2, 0.25) is 0 Å². The smallest absolute Gasteiger partial charge is 0.270 e. The Labute approximate surface area is 243 Å². The summed E-state index contributed by atoms with van der Waals surface area (Å²) >= 11 is 6.80. The van der Waals surface area contributed by atoms with Crippen molar-refractivity contribution >= 4 is 51.8 Å². The summed E-state index contributed by atoms with van der Waals surface area (Å²) in [6.45, 7) is 7.49. The molecule has 3 saturated heterocycles. The number of nitriles is 1. The van der Waals surface area contributed by atoms with Crippen LogP contribution in [0, 0.1) is 24.1 Å². The van der Waals surface area contributed by atoms with Crippen molar-refractivity contribution in [3.8, 4) is 6.07 Å². The minimum Gasteiger partial charge on any atom is -0.376 e. The summed E-state index contributed by atoms with van der Waals surface area (Å²) in [6.07, 6.45) is 4.32. The molecule has 1 unspecified atom stereocenters. The molecule has 8 nitrogen and oxygen atoms in total. The Kier molecular flexibility index (Phi) is 8.59. The van der Waals surface area contributed by atoms with Gasteiger partial charge in [0.1, 0.15) is 27.6 Å². The van der Waals surface area contributed by atoms with Gasteiger partial charge in [-0.1, -0.05) is 43.0 Å². The summed E-state index contributed by atoms with van der Waals surface area (Å²) in [4.78, 5) is 33.1. The molecule has 40 heavy (non-hydrogen) atoms. The number of para-hydroxylation sites is 1. The molecule has 1 aromatic carbocycles. The average Bonchev–Trinajstić information content (AvgIpc) is 3.56. The van der Waals surface area contributed by atoms with E-state index >= 15 is 0 Å². The van der Waals surface area contributed by atoms with Gasteiger partial charge in [0.05, 0.1) is 23.2 Å². The van der Waals surface area contributed by atoms with Gasteiger partial charge in [0.15, 0.2) is 0 Å². The monoisotopic (exact) mass is 581 g/mol. The van der Waals surface area contributed by atoms with E-state index in [4.69, 9.17) is 17.0 Å². The van der Waals surface area contributed by atoms with Crippen molar-refractivity contribution in [1.29, 1.82) is 5.26 Å². The molecule has 1 atom stereocenters. The summed E-state index contributed by atoms with van der Waals surface area (Å²) in [7, 11) is 0. The molecule has 0 spiro atoms. The molecule has 0 N–H and O–H groups in total. The van der Waals surface area contributed by atoms with Gasteiger partial charge in [-0.15, -0.1) is 0 Å². The molecule has 0 radical (unpaired) electrons. The molecule has 3 aliphatic rings. The Morgan fingerprint density at radius 3 is 2.58 bits per heavy atom. The van der Waals surface area contributed by atoms with Gasteiger partial charge in [-0.25, -0.2) is 4.39 Å². The van der Waals surface area contributed by atoms with Crippen LogP contribution in [0.15, 0.2) is 34.0 Å². The lowest BCUT2D eigenvalue weighted by Gasteiger charge is -2.39. The van der Waals surface area contributed by atoms with Crippen LogP contribution in [-0.4, -0.2) is 65.1 Å². The van der Waals surface area contributed by atoms with Gasteiger partial charge in [0.25, 0.3) is 11.5 Å². The highest BCUT2D eigenvalue weighted by molar-refractivity contribution is 8.26. The van der Waals surface area contributed by atoms with Crippen molar-refractivity contribution < 1.29 is 13.9 Å². The maximum Gasteiger partial charge on any atom is 0.270 e. The number of carbonyl (C=O) groups excluding carboxylic acids is 1. The molecule has 1 amide bonds. The van der Waals surface area contributed by atoms with E-state index in [0.717, 1.165) is 12.8 Å². The van der Waals surface area contributed by atoms with E-state index in [1.54, 1.807) is 34.6 Å². The Balaban J connectivity index is 1.53. The Hall–Kier alpha value is -3.20. The first kappa shape index (κ1) is 28.3. The van der Waals surface area contributed by atoms with E-state index in [2.05, 4.69) is 11.0 Å². The standard InChI is InChI=1S/C29H32FN5O3S2/c1-3-10-34-26(33-13-11-32(12-14-33)24-9-5-4-8-23(24)30)21(19(2)22(17-31)27(34)36)16-25-28(37)35(29(39)40-25)18-20-7-6-15-38-20/h4-5,8-9,16,20H,3,6-7,10-15,18H2,1-2H3/b25-16-. The first-order chi connectivity index (χ1) is 19.3. The molecule has 3 aliphatic heterocycles. The minimum atomic E-state index is -0.337. The number of hydrogen-bond acceptors (Lipinski definition) is 8. The van der Waals surface area contributed by atoms with Crippen molar-refractivity contribution in [2.75, 3.05) is 49.1 Å². The molecule has 3 fully saturated rings. The number of rotatable bonds is 7. The molecule has 5 rings (SSSR count). The fraction of sp³-hybridized carbons (Fsp3) is 0.448. The molecular weight excluding hydrogens is 549 g/mol. The second-order valence-corrected chi connectivity index (χ2v) is 11.8. The molecule has 0 bridgehead atoms. The highest BCUT2D eigenvalue weighted by atomic mass is 32.2. The van der Waals surface area contributed by atoms with Crippen LogP contribution >= 0.6 is 24.0 Å². The quantitative estimate of drug-likeness (QED) is 0.354. The number of ether oxygens (including phenoxy) is 1. The van der Waals surface area contributed by atoms with Crippen LogP contribution in [0.3, 0.4) is 0 Å². The third-order valence-electron chi connectivity index (χ3n) is 7.63. The second-order valence-electron chi connectivity index (χ2n) is 10.2. The van der Waals surface area contributed by atoms with Crippen LogP contribution in [0.4, 0.5) is 15.9 Å². The number of benzene rings is 1. The molecule has 210 valence electrons. The number of anilines is 2. The molecule has 4 heterocycles. The third-order valence-corrected chi connectivity index (χ3v) is 9.00. The van der Waals surface area contributed by atoms with Crippen molar-refractivity contribution in [3.63, 3.8) is 0 Å². The fourth-order valence-electron chi connectivity index (χ4n) is 5.56. The van der Waals surface area contributed by atoms with Crippen LogP contribution in [-0.2, 0) is 16.1 Å². The number of nitrogens with zero attached hydrogens (tertiary/aromatic N) is 5. The van der Waals surface area contributed by atoms with Crippen LogP contribution in [0.5, 0.6) is 0 Å². The van der Waals surface area contributed by atoms with Crippen LogP contribution < -0.4 is 15.4 Å². The average molecular weight is 582 g/mol. The number of aromatic nitrogens is 1. The highest BCUT2D eigenvalue weighted by Gasteiger charge is 2.36. The van der Waals surface area contributed by atoms with Crippen molar-refractivity contribution in [2.45, 2.75) is 45.8 Å². The first-order valence-electron chi connectivity index (χ1n) is 13.6. The molecular formula is C29H32FN5O3S2. The summed E-state index contributed by atoms with van der Waals surface area (Å²) in [5, 5.41) is 9.91. The van der Waals surface area contributed by atoms with Gasteiger partial charge in [-0.05, 0) is 50.0 Å². The molecule has 0 saturated carbocycles. The molecule has 1 aromatic heterocycles. The Bertz CT molecular complexity index is 1450. The predicted molar refractivity (Wildman–Crippen MR) is 160 cm³/mol. The zero-order chi connectivity index (χ0) is 28.4. The number of hydrogen-bond donors (Lipinski definition) is 0.